The average Bonchev–Trinajstić information content (AvgIpc) is 2.26. The molecule has 0 fully saturated rings. The molecule has 0 aliphatic rings. The van der Waals surface area contributed by atoms with E-state index in [1.807, 2.05) is 0 Å². The van der Waals surface area contributed by atoms with Gasteiger partial charge in [0.2, 0.25) is 0 Å². The van der Waals surface area contributed by atoms with Gasteiger partial charge in [0, 0.05) is 11.3 Å². The number of esters is 1. The summed E-state index contributed by atoms with van der Waals surface area (Å²) >= 11 is 0. The van der Waals surface area contributed by atoms with Gasteiger partial charge in [0.15, 0.2) is 0 Å². The molecule has 1 rings (SSSR count). The molecule has 0 radical (unpaired) electrons. The second-order valence-corrected chi connectivity index (χ2v) is 2.73. The molecule has 1 aromatic rings. The minimum absolute atomic E-state index is 0.114. The number of methoxy groups -OCH3 is 1. The fraction of sp³-hybridized carbons (Fsp3) is 0.111. The smallest absolute Gasteiger partial charge is 0.339 e. The van der Waals surface area contributed by atoms with Crippen LogP contribution in [0.25, 0.3) is 0 Å². The zero-order chi connectivity index (χ0) is 11.4. The summed E-state index contributed by atoms with van der Waals surface area (Å²) in [6.07, 6.45) is 0. The third-order valence-electron chi connectivity index (χ3n) is 1.82. The number of nitrogen functional groups attached to an aromatic ring is 1. The Balaban J connectivity index is 3.08. The molecule has 6 nitrogen and oxygen atoms in total. The van der Waals surface area contributed by atoms with Gasteiger partial charge >= 0.3 is 5.97 Å². The van der Waals surface area contributed by atoms with Gasteiger partial charge in [-0.05, 0) is 18.2 Å². The summed E-state index contributed by atoms with van der Waals surface area (Å²) in [7, 11) is 1.23. The molecule has 15 heavy (non-hydrogen) atoms. The molecule has 0 aromatic heterocycles. The standard InChI is InChI=1S/C9H10N2O4/c1-15-9(13)6-3-2-5(4-7(6)10)8(12)11-14/h2-4,14H,10H2,1H3,(H,11,12). The number of hydrogen-bond donors (Lipinski definition) is 3. The SMILES string of the molecule is COC(=O)c1ccc(C(=O)NO)cc1N. The quantitative estimate of drug-likeness (QED) is 0.279. The summed E-state index contributed by atoms with van der Waals surface area (Å²) in [5.74, 6) is -1.28. The number of nitrogens with two attached hydrogens (primary N) is 1. The fourth-order valence-electron chi connectivity index (χ4n) is 1.06. The second-order valence-electron chi connectivity index (χ2n) is 2.73. The third kappa shape index (κ3) is 2.23. The number of hydrogen-bond acceptors (Lipinski definition) is 5. The zero-order valence-corrected chi connectivity index (χ0v) is 7.98. The second kappa shape index (κ2) is 4.43. The highest BCUT2D eigenvalue weighted by atomic mass is 16.5. The molecule has 4 N–H and O–H groups in total. The van der Waals surface area contributed by atoms with Crippen molar-refractivity contribution in [2.75, 3.05) is 12.8 Å². The summed E-state index contributed by atoms with van der Waals surface area (Å²) in [4.78, 5) is 22.1. The van der Waals surface area contributed by atoms with Crippen molar-refractivity contribution >= 4 is 17.6 Å². The normalized spacial score (nSPS) is 9.47. The molecule has 0 saturated carbocycles. The number of anilines is 1. The molecule has 0 heterocycles. The van der Waals surface area contributed by atoms with Crippen LogP contribution in [0.5, 0.6) is 0 Å². The van der Waals surface area contributed by atoms with Gasteiger partial charge < -0.3 is 10.5 Å². The number of hydroxylamine groups is 1. The van der Waals surface area contributed by atoms with E-state index in [4.69, 9.17) is 10.9 Å². The molecule has 1 amide bonds. The molecule has 1 aromatic carbocycles. The molecule has 0 atom stereocenters. The van der Waals surface area contributed by atoms with Gasteiger partial charge in [-0.2, -0.15) is 0 Å². The summed E-state index contributed by atoms with van der Waals surface area (Å²) in [6, 6.07) is 3.98. The predicted octanol–water partition coefficient (Wildman–Crippen LogP) is 0.174. The molecular formula is C9H10N2O4. The van der Waals surface area contributed by atoms with E-state index < -0.39 is 11.9 Å². The van der Waals surface area contributed by atoms with E-state index in [1.54, 1.807) is 0 Å². The van der Waals surface area contributed by atoms with E-state index in [0.29, 0.717) is 0 Å². The number of rotatable bonds is 2. The topological polar surface area (TPSA) is 102 Å². The first-order valence-corrected chi connectivity index (χ1v) is 4.02. The number of nitrogens with one attached hydrogen (secondary N) is 1. The van der Waals surface area contributed by atoms with Crippen LogP contribution in [-0.4, -0.2) is 24.2 Å². The molecule has 0 spiro atoms. The van der Waals surface area contributed by atoms with Crippen LogP contribution >= 0.6 is 0 Å². The van der Waals surface area contributed by atoms with Gasteiger partial charge in [0.05, 0.1) is 12.7 Å². The van der Waals surface area contributed by atoms with Crippen LogP contribution in [0.4, 0.5) is 5.69 Å². The predicted molar refractivity (Wildman–Crippen MR) is 51.4 cm³/mol. The summed E-state index contributed by atoms with van der Waals surface area (Å²) in [5, 5.41) is 8.37. The van der Waals surface area contributed by atoms with Crippen LogP contribution in [-0.2, 0) is 4.74 Å². The Morgan fingerprint density at radius 2 is 2.13 bits per heavy atom. The van der Waals surface area contributed by atoms with Crippen molar-refractivity contribution in [1.29, 1.82) is 0 Å². The van der Waals surface area contributed by atoms with Gasteiger partial charge in [-0.25, -0.2) is 10.3 Å². The van der Waals surface area contributed by atoms with E-state index in [2.05, 4.69) is 4.74 Å². The van der Waals surface area contributed by atoms with Crippen LogP contribution < -0.4 is 11.2 Å². The van der Waals surface area contributed by atoms with E-state index in [-0.39, 0.29) is 16.8 Å². The lowest BCUT2D eigenvalue weighted by Crippen LogP contribution is -2.19. The summed E-state index contributed by atoms with van der Waals surface area (Å²) in [6.45, 7) is 0. The van der Waals surface area contributed by atoms with Crippen molar-refractivity contribution in [3.8, 4) is 0 Å². The lowest BCUT2D eigenvalue weighted by Gasteiger charge is -2.05. The highest BCUT2D eigenvalue weighted by Gasteiger charge is 2.12. The van der Waals surface area contributed by atoms with Gasteiger partial charge in [0.25, 0.3) is 5.91 Å². The van der Waals surface area contributed by atoms with Crippen molar-refractivity contribution in [2.24, 2.45) is 0 Å². The van der Waals surface area contributed by atoms with Crippen molar-refractivity contribution in [3.63, 3.8) is 0 Å². The molecule has 0 aliphatic carbocycles. The van der Waals surface area contributed by atoms with E-state index in [0.717, 1.165) is 0 Å². The number of ether oxygens (including phenoxy) is 1. The van der Waals surface area contributed by atoms with Gasteiger partial charge in [-0.3, -0.25) is 10.0 Å². The van der Waals surface area contributed by atoms with E-state index >= 15 is 0 Å². The largest absolute Gasteiger partial charge is 0.465 e. The lowest BCUT2D eigenvalue weighted by atomic mass is 10.1. The molecule has 6 heteroatoms. The molecule has 0 saturated heterocycles. The molecule has 80 valence electrons. The zero-order valence-electron chi connectivity index (χ0n) is 7.98. The third-order valence-corrected chi connectivity index (χ3v) is 1.82. The Kier molecular flexibility index (Phi) is 3.25. The number of carbonyl (C=O) groups is 2. The minimum Gasteiger partial charge on any atom is -0.465 e. The van der Waals surface area contributed by atoms with Crippen molar-refractivity contribution in [2.45, 2.75) is 0 Å². The monoisotopic (exact) mass is 210 g/mol. The minimum atomic E-state index is -0.696. The maximum atomic E-state index is 11.1. The molecule has 0 aliphatic heterocycles. The first-order valence-electron chi connectivity index (χ1n) is 4.02. The maximum absolute atomic E-state index is 11.1. The van der Waals surface area contributed by atoms with Crippen LogP contribution in [0.1, 0.15) is 20.7 Å². The fourth-order valence-corrected chi connectivity index (χ4v) is 1.06. The number of benzene rings is 1. The molecule has 0 bridgehead atoms. The Morgan fingerprint density at radius 1 is 1.47 bits per heavy atom. The number of carbonyl (C=O) groups excluding carboxylic acids is 2. The molecule has 0 unspecified atom stereocenters. The first-order chi connectivity index (χ1) is 7.10. The Morgan fingerprint density at radius 3 is 2.60 bits per heavy atom. The first kappa shape index (κ1) is 11.0. The van der Waals surface area contributed by atoms with Crippen molar-refractivity contribution in [1.82, 2.24) is 5.48 Å². The molecular weight excluding hydrogens is 200 g/mol. The van der Waals surface area contributed by atoms with Crippen molar-refractivity contribution in [3.05, 3.63) is 29.3 Å². The Hall–Kier alpha value is -2.08. The maximum Gasteiger partial charge on any atom is 0.339 e. The van der Waals surface area contributed by atoms with Gasteiger partial charge in [0.1, 0.15) is 0 Å². The van der Waals surface area contributed by atoms with Crippen LogP contribution in [0, 0.1) is 0 Å². The average molecular weight is 210 g/mol. The van der Waals surface area contributed by atoms with Crippen LogP contribution in [0.2, 0.25) is 0 Å². The highest BCUT2D eigenvalue weighted by molar-refractivity contribution is 5.99. The summed E-state index contributed by atoms with van der Waals surface area (Å²) < 4.78 is 4.47. The van der Waals surface area contributed by atoms with Crippen LogP contribution in [0.3, 0.4) is 0 Å². The van der Waals surface area contributed by atoms with E-state index in [1.165, 1.54) is 30.8 Å². The highest BCUT2D eigenvalue weighted by Crippen LogP contribution is 2.15. The summed E-state index contributed by atoms with van der Waals surface area (Å²) in [5.41, 5.74) is 7.43. The Bertz CT molecular complexity index is 403. The van der Waals surface area contributed by atoms with Gasteiger partial charge in [-0.1, -0.05) is 0 Å². The number of amides is 1. The lowest BCUT2D eigenvalue weighted by molar-refractivity contribution is 0.0601. The van der Waals surface area contributed by atoms with Gasteiger partial charge in [-0.15, -0.1) is 0 Å². The van der Waals surface area contributed by atoms with E-state index in [9.17, 15) is 9.59 Å². The van der Waals surface area contributed by atoms with Crippen molar-refractivity contribution < 1.29 is 19.5 Å². The Labute approximate surface area is 85.6 Å². The van der Waals surface area contributed by atoms with Crippen LogP contribution in [0.15, 0.2) is 18.2 Å².